The lowest BCUT2D eigenvalue weighted by molar-refractivity contribution is 0.0341. The van der Waals surface area contributed by atoms with E-state index in [1.165, 1.54) is 0 Å². The molecule has 2 fully saturated rings. The number of aromatic nitrogens is 2. The molecule has 6 nitrogen and oxygen atoms in total. The van der Waals surface area contributed by atoms with Gasteiger partial charge in [0.25, 0.3) is 5.91 Å². The van der Waals surface area contributed by atoms with Gasteiger partial charge in [-0.05, 0) is 74.6 Å². The van der Waals surface area contributed by atoms with E-state index in [-0.39, 0.29) is 18.1 Å². The summed E-state index contributed by atoms with van der Waals surface area (Å²) >= 11 is 0. The molecule has 0 bridgehead atoms. The van der Waals surface area contributed by atoms with Crippen molar-refractivity contribution in [1.82, 2.24) is 15.5 Å². The standard InChI is InChI=1S/C25H28N4O2/c1-15-4-5-19(25(30)27-21-7-8-21)11-23(15)18-6-9-22-20(10-18)12-26-28-24(22)29-13-17(3)31-14-16(29)2/h4-6,9-12,16-17,21H,7-8,13-14H2,1-3H3,(H,27,30)/t16-,17+/m0/s1. The summed E-state index contributed by atoms with van der Waals surface area (Å²) < 4.78 is 5.78. The molecule has 1 aliphatic carbocycles. The highest BCUT2D eigenvalue weighted by Crippen LogP contribution is 2.32. The largest absolute Gasteiger partial charge is 0.375 e. The second kappa shape index (κ2) is 7.93. The number of benzene rings is 2. The predicted octanol–water partition coefficient (Wildman–Crippen LogP) is 4.11. The van der Waals surface area contributed by atoms with E-state index in [0.29, 0.717) is 18.2 Å². The normalized spacial score (nSPS) is 21.3. The number of hydrogen-bond donors (Lipinski definition) is 1. The first-order valence-electron chi connectivity index (χ1n) is 11.0. The van der Waals surface area contributed by atoms with Crippen LogP contribution in [0.25, 0.3) is 21.9 Å². The molecule has 2 aromatic carbocycles. The van der Waals surface area contributed by atoms with Crippen molar-refractivity contribution in [2.75, 3.05) is 18.1 Å². The van der Waals surface area contributed by atoms with Crippen LogP contribution in [0.4, 0.5) is 5.82 Å². The summed E-state index contributed by atoms with van der Waals surface area (Å²) in [4.78, 5) is 14.8. The van der Waals surface area contributed by atoms with Crippen molar-refractivity contribution in [3.05, 3.63) is 53.7 Å². The molecule has 2 heterocycles. The minimum atomic E-state index is 0.00752. The Hall–Kier alpha value is -2.99. The van der Waals surface area contributed by atoms with Gasteiger partial charge in [-0.2, -0.15) is 5.10 Å². The highest BCUT2D eigenvalue weighted by molar-refractivity contribution is 5.98. The van der Waals surface area contributed by atoms with Gasteiger partial charge in [-0.1, -0.05) is 12.1 Å². The number of nitrogens with one attached hydrogen (secondary N) is 1. The number of nitrogens with zero attached hydrogens (tertiary/aromatic N) is 3. The summed E-state index contributed by atoms with van der Waals surface area (Å²) in [7, 11) is 0. The SMILES string of the molecule is Cc1ccc(C(=O)NC2CC2)cc1-c1ccc2c(N3C[C@@H](C)OC[C@@H]3C)nncc2c1. The van der Waals surface area contributed by atoms with Gasteiger partial charge in [-0.3, -0.25) is 4.79 Å². The number of amides is 1. The zero-order valence-electron chi connectivity index (χ0n) is 18.3. The first-order valence-corrected chi connectivity index (χ1v) is 11.0. The number of rotatable bonds is 4. The summed E-state index contributed by atoms with van der Waals surface area (Å²) in [5.41, 5.74) is 3.99. The van der Waals surface area contributed by atoms with Gasteiger partial charge in [-0.15, -0.1) is 5.10 Å². The molecule has 31 heavy (non-hydrogen) atoms. The number of carbonyl (C=O) groups is 1. The Bertz CT molecular complexity index is 1140. The first-order chi connectivity index (χ1) is 15.0. The summed E-state index contributed by atoms with van der Waals surface area (Å²) in [5.74, 6) is 0.911. The number of fused-ring (bicyclic) bond motifs is 1. The Morgan fingerprint density at radius 1 is 1.16 bits per heavy atom. The molecule has 2 atom stereocenters. The van der Waals surface area contributed by atoms with E-state index in [2.05, 4.69) is 59.4 Å². The lowest BCUT2D eigenvalue weighted by Gasteiger charge is -2.37. The van der Waals surface area contributed by atoms with Crippen molar-refractivity contribution in [2.24, 2.45) is 0 Å². The Kier molecular flexibility index (Phi) is 5.10. The number of anilines is 1. The first kappa shape index (κ1) is 19.9. The Morgan fingerprint density at radius 2 is 2.00 bits per heavy atom. The number of carbonyl (C=O) groups excluding carboxylic acids is 1. The molecule has 1 saturated carbocycles. The average molecular weight is 417 g/mol. The monoisotopic (exact) mass is 416 g/mol. The molecule has 0 spiro atoms. The highest BCUT2D eigenvalue weighted by atomic mass is 16.5. The minimum Gasteiger partial charge on any atom is -0.375 e. The third kappa shape index (κ3) is 4.00. The molecule has 160 valence electrons. The third-order valence-corrected chi connectivity index (χ3v) is 6.24. The van der Waals surface area contributed by atoms with E-state index < -0.39 is 0 Å². The molecule has 1 amide bonds. The number of ether oxygens (including phenoxy) is 1. The minimum absolute atomic E-state index is 0.00752. The Balaban J connectivity index is 1.51. The van der Waals surface area contributed by atoms with Crippen LogP contribution >= 0.6 is 0 Å². The van der Waals surface area contributed by atoms with Crippen molar-refractivity contribution in [3.63, 3.8) is 0 Å². The summed E-state index contributed by atoms with van der Waals surface area (Å²) in [6, 6.07) is 12.9. The van der Waals surface area contributed by atoms with Crippen molar-refractivity contribution < 1.29 is 9.53 Å². The molecule has 3 aromatic rings. The van der Waals surface area contributed by atoms with Crippen LogP contribution in [0.1, 0.15) is 42.6 Å². The van der Waals surface area contributed by atoms with Gasteiger partial charge < -0.3 is 15.0 Å². The van der Waals surface area contributed by atoms with Gasteiger partial charge in [0.05, 0.1) is 24.9 Å². The second-order valence-corrected chi connectivity index (χ2v) is 8.89. The molecule has 0 unspecified atom stereocenters. The maximum absolute atomic E-state index is 12.5. The van der Waals surface area contributed by atoms with Gasteiger partial charge in [0.1, 0.15) is 0 Å². The third-order valence-electron chi connectivity index (χ3n) is 6.24. The van der Waals surface area contributed by atoms with Crippen LogP contribution in [0.5, 0.6) is 0 Å². The smallest absolute Gasteiger partial charge is 0.251 e. The molecule has 1 saturated heterocycles. The molecular formula is C25H28N4O2. The lowest BCUT2D eigenvalue weighted by Crippen LogP contribution is -2.48. The average Bonchev–Trinajstić information content (AvgIpc) is 3.59. The van der Waals surface area contributed by atoms with Crippen molar-refractivity contribution >= 4 is 22.5 Å². The van der Waals surface area contributed by atoms with Crippen molar-refractivity contribution in [1.29, 1.82) is 0 Å². The Labute approximate surface area is 182 Å². The molecule has 5 rings (SSSR count). The summed E-state index contributed by atoms with van der Waals surface area (Å²) in [5, 5.41) is 14.0. The van der Waals surface area contributed by atoms with Gasteiger partial charge >= 0.3 is 0 Å². The molecule has 1 aromatic heterocycles. The number of hydrogen-bond acceptors (Lipinski definition) is 5. The highest BCUT2D eigenvalue weighted by Gasteiger charge is 2.26. The molecule has 2 aliphatic rings. The number of morpholine rings is 1. The van der Waals surface area contributed by atoms with Crippen LogP contribution in [-0.2, 0) is 4.74 Å². The fourth-order valence-electron chi connectivity index (χ4n) is 4.22. The zero-order valence-corrected chi connectivity index (χ0v) is 18.3. The van der Waals surface area contributed by atoms with Crippen LogP contribution in [0.2, 0.25) is 0 Å². The molecule has 6 heteroatoms. The van der Waals surface area contributed by atoms with E-state index in [1.807, 2.05) is 24.4 Å². The van der Waals surface area contributed by atoms with Crippen LogP contribution in [0.15, 0.2) is 42.6 Å². The van der Waals surface area contributed by atoms with Gasteiger partial charge in [-0.25, -0.2) is 0 Å². The van der Waals surface area contributed by atoms with E-state index in [0.717, 1.165) is 52.7 Å². The molecule has 1 aliphatic heterocycles. The van der Waals surface area contributed by atoms with Crippen molar-refractivity contribution in [2.45, 2.75) is 51.8 Å². The fraction of sp³-hybridized carbons (Fsp3) is 0.400. The number of aryl methyl sites for hydroxylation is 1. The van der Waals surface area contributed by atoms with Gasteiger partial charge in [0.2, 0.25) is 0 Å². The van der Waals surface area contributed by atoms with Crippen molar-refractivity contribution in [3.8, 4) is 11.1 Å². The summed E-state index contributed by atoms with van der Waals surface area (Å²) in [6.45, 7) is 7.81. The fourth-order valence-corrected chi connectivity index (χ4v) is 4.22. The maximum Gasteiger partial charge on any atom is 0.251 e. The molecular weight excluding hydrogens is 388 g/mol. The van der Waals surface area contributed by atoms with Gasteiger partial charge in [0, 0.05) is 28.9 Å². The lowest BCUT2D eigenvalue weighted by atomic mass is 9.96. The van der Waals surface area contributed by atoms with Crippen LogP contribution < -0.4 is 10.2 Å². The van der Waals surface area contributed by atoms with Crippen LogP contribution in [0, 0.1) is 6.92 Å². The van der Waals surface area contributed by atoms with E-state index in [1.54, 1.807) is 0 Å². The summed E-state index contributed by atoms with van der Waals surface area (Å²) in [6.07, 6.45) is 4.15. The zero-order chi connectivity index (χ0) is 21.5. The quantitative estimate of drug-likeness (QED) is 0.693. The van der Waals surface area contributed by atoms with Gasteiger partial charge in [0.15, 0.2) is 5.82 Å². The molecule has 1 N–H and O–H groups in total. The molecule has 0 radical (unpaired) electrons. The predicted molar refractivity (Wildman–Crippen MR) is 122 cm³/mol. The van der Waals surface area contributed by atoms with Crippen LogP contribution in [-0.4, -0.2) is 47.4 Å². The maximum atomic E-state index is 12.5. The van der Waals surface area contributed by atoms with Crippen LogP contribution in [0.3, 0.4) is 0 Å². The Morgan fingerprint density at radius 3 is 2.81 bits per heavy atom. The second-order valence-electron chi connectivity index (χ2n) is 8.89. The van der Waals surface area contributed by atoms with E-state index in [9.17, 15) is 4.79 Å². The van der Waals surface area contributed by atoms with E-state index >= 15 is 0 Å². The van der Waals surface area contributed by atoms with E-state index in [4.69, 9.17) is 4.74 Å². The topological polar surface area (TPSA) is 67.4 Å².